The average molecular weight is 415 g/mol. The Labute approximate surface area is 173 Å². The zero-order valence-corrected chi connectivity index (χ0v) is 17.0. The van der Waals surface area contributed by atoms with E-state index >= 15 is 0 Å². The van der Waals surface area contributed by atoms with Crippen LogP contribution in [0.2, 0.25) is 0 Å². The van der Waals surface area contributed by atoms with Gasteiger partial charge in [0.15, 0.2) is 11.5 Å². The first kappa shape index (κ1) is 20.1. The first-order valence-corrected chi connectivity index (χ1v) is 10.0. The van der Waals surface area contributed by atoms with Crippen LogP contribution in [0, 0.1) is 6.92 Å². The van der Waals surface area contributed by atoms with Crippen molar-refractivity contribution < 1.29 is 28.9 Å². The highest BCUT2D eigenvalue weighted by atomic mass is 16.7. The number of nitrogens with zero attached hydrogens (tertiary/aromatic N) is 2. The van der Waals surface area contributed by atoms with Crippen molar-refractivity contribution in [2.24, 2.45) is 0 Å². The highest BCUT2D eigenvalue weighted by Gasteiger charge is 2.35. The molecule has 1 fully saturated rings. The Morgan fingerprint density at radius 2 is 2.03 bits per heavy atom. The Morgan fingerprint density at radius 3 is 2.73 bits per heavy atom. The van der Waals surface area contributed by atoms with Crippen LogP contribution in [-0.4, -0.2) is 41.2 Å². The zero-order chi connectivity index (χ0) is 21.3. The standard InChI is InChI=1S/C20H23N3O4.CH2O2/c1-11-18-14(12-7-15(25-2)19-16(8-12)26-10-27-19)9-17(24)21-20(18)23(22-11)13-5-3-4-6-13;2-1-3/h7-8,13-14H,3-6,9-10H2,1-2H3,(H,21,24);1H,(H,2,3). The van der Waals surface area contributed by atoms with Crippen LogP contribution >= 0.6 is 0 Å². The lowest BCUT2D eigenvalue weighted by Gasteiger charge is -2.26. The van der Waals surface area contributed by atoms with Gasteiger partial charge in [-0.15, -0.1) is 0 Å². The quantitative estimate of drug-likeness (QED) is 0.740. The minimum absolute atomic E-state index is 0.0169. The van der Waals surface area contributed by atoms with Crippen LogP contribution in [0.3, 0.4) is 0 Å². The van der Waals surface area contributed by atoms with Gasteiger partial charge >= 0.3 is 0 Å². The molecule has 1 atom stereocenters. The van der Waals surface area contributed by atoms with Gasteiger partial charge in [-0.1, -0.05) is 12.8 Å². The molecule has 0 radical (unpaired) electrons. The summed E-state index contributed by atoms with van der Waals surface area (Å²) in [7, 11) is 1.61. The molecule has 1 unspecified atom stereocenters. The van der Waals surface area contributed by atoms with Gasteiger partial charge in [-0.05, 0) is 37.5 Å². The Balaban J connectivity index is 0.000000687. The number of methoxy groups -OCH3 is 1. The molecule has 0 bridgehead atoms. The van der Waals surface area contributed by atoms with Crippen LogP contribution in [0.15, 0.2) is 12.1 Å². The summed E-state index contributed by atoms with van der Waals surface area (Å²) in [6, 6.07) is 4.29. The Kier molecular flexibility index (Phi) is 5.52. The molecule has 2 N–H and O–H groups in total. The minimum Gasteiger partial charge on any atom is -0.493 e. The molecule has 2 aromatic rings. The van der Waals surface area contributed by atoms with Crippen molar-refractivity contribution in [3.8, 4) is 17.2 Å². The SMILES string of the molecule is COc1cc(C2CC(=O)Nc3c2c(C)nn3C2CCCC2)cc2c1OCO2.O=CO. The van der Waals surface area contributed by atoms with Crippen molar-refractivity contribution in [2.75, 3.05) is 19.2 Å². The topological polar surface area (TPSA) is 112 Å². The molecule has 9 heteroatoms. The number of carboxylic acid groups (broad SMARTS) is 1. The van der Waals surface area contributed by atoms with Crippen molar-refractivity contribution in [1.29, 1.82) is 0 Å². The number of anilines is 1. The first-order chi connectivity index (χ1) is 14.6. The molecule has 0 spiro atoms. The van der Waals surface area contributed by atoms with E-state index in [9.17, 15) is 4.79 Å². The van der Waals surface area contributed by atoms with Crippen LogP contribution in [0.5, 0.6) is 17.2 Å². The predicted molar refractivity (Wildman–Crippen MR) is 107 cm³/mol. The molecule has 160 valence electrons. The summed E-state index contributed by atoms with van der Waals surface area (Å²) in [5.74, 6) is 2.72. The number of carbonyl (C=O) groups excluding carboxylic acids is 1. The maximum Gasteiger partial charge on any atom is 0.290 e. The summed E-state index contributed by atoms with van der Waals surface area (Å²) in [6.45, 7) is 1.96. The van der Waals surface area contributed by atoms with Gasteiger partial charge in [0.2, 0.25) is 18.4 Å². The van der Waals surface area contributed by atoms with Crippen LogP contribution < -0.4 is 19.5 Å². The molecule has 30 heavy (non-hydrogen) atoms. The predicted octanol–water partition coefficient (Wildman–Crippen LogP) is 3.22. The van der Waals surface area contributed by atoms with Gasteiger partial charge in [0.1, 0.15) is 5.82 Å². The van der Waals surface area contributed by atoms with E-state index in [2.05, 4.69) is 5.32 Å². The lowest BCUT2D eigenvalue weighted by molar-refractivity contribution is -0.123. The third-order valence-corrected chi connectivity index (χ3v) is 5.88. The second-order valence-electron chi connectivity index (χ2n) is 7.60. The number of nitrogens with one attached hydrogen (secondary N) is 1. The molecular formula is C21H25N3O6. The molecule has 1 aliphatic carbocycles. The molecule has 5 rings (SSSR count). The largest absolute Gasteiger partial charge is 0.493 e. The first-order valence-electron chi connectivity index (χ1n) is 10.0. The molecule has 3 aliphatic rings. The van der Waals surface area contributed by atoms with Gasteiger partial charge in [0.05, 0.1) is 18.8 Å². The van der Waals surface area contributed by atoms with Crippen molar-refractivity contribution in [3.63, 3.8) is 0 Å². The number of hydrogen-bond donors (Lipinski definition) is 2. The van der Waals surface area contributed by atoms with Gasteiger partial charge in [0, 0.05) is 17.9 Å². The Morgan fingerprint density at radius 1 is 1.30 bits per heavy atom. The van der Waals surface area contributed by atoms with Crippen LogP contribution in [0.25, 0.3) is 0 Å². The summed E-state index contributed by atoms with van der Waals surface area (Å²) in [5.41, 5.74) is 3.06. The minimum atomic E-state index is -0.250. The molecule has 1 saturated carbocycles. The highest BCUT2D eigenvalue weighted by Crippen LogP contribution is 2.48. The lowest BCUT2D eigenvalue weighted by atomic mass is 9.85. The number of fused-ring (bicyclic) bond motifs is 2. The third kappa shape index (κ3) is 3.44. The van der Waals surface area contributed by atoms with Crippen LogP contribution in [-0.2, 0) is 9.59 Å². The molecule has 9 nitrogen and oxygen atoms in total. The molecular weight excluding hydrogens is 390 g/mol. The van der Waals surface area contributed by atoms with Gasteiger partial charge < -0.3 is 24.6 Å². The smallest absolute Gasteiger partial charge is 0.290 e. The van der Waals surface area contributed by atoms with E-state index in [1.165, 1.54) is 12.8 Å². The molecule has 1 aromatic heterocycles. The van der Waals surface area contributed by atoms with E-state index in [0.29, 0.717) is 29.7 Å². The number of rotatable bonds is 3. The van der Waals surface area contributed by atoms with Gasteiger partial charge in [-0.25, -0.2) is 4.68 Å². The normalized spacial score (nSPS) is 19.5. The number of ether oxygens (including phenoxy) is 3. The maximum absolute atomic E-state index is 12.5. The van der Waals surface area contributed by atoms with Crippen molar-refractivity contribution >= 4 is 18.2 Å². The molecule has 1 aromatic carbocycles. The fourth-order valence-electron chi connectivity index (χ4n) is 4.62. The van der Waals surface area contributed by atoms with Gasteiger partial charge in [-0.2, -0.15) is 5.10 Å². The fraction of sp³-hybridized carbons (Fsp3) is 0.476. The van der Waals surface area contributed by atoms with Crippen molar-refractivity contribution in [1.82, 2.24) is 9.78 Å². The molecule has 3 heterocycles. The van der Waals surface area contributed by atoms with Gasteiger partial charge in [-0.3, -0.25) is 9.59 Å². The average Bonchev–Trinajstić information content (AvgIpc) is 3.47. The Bertz CT molecular complexity index is 964. The van der Waals surface area contributed by atoms with Crippen molar-refractivity contribution in [2.45, 2.75) is 51.0 Å². The van der Waals surface area contributed by atoms with E-state index < -0.39 is 0 Å². The summed E-state index contributed by atoms with van der Waals surface area (Å²) >= 11 is 0. The van der Waals surface area contributed by atoms with Crippen molar-refractivity contribution in [3.05, 3.63) is 29.0 Å². The number of aromatic nitrogens is 2. The summed E-state index contributed by atoms with van der Waals surface area (Å²) in [4.78, 5) is 20.9. The van der Waals surface area contributed by atoms with E-state index in [-0.39, 0.29) is 25.1 Å². The number of amides is 1. The fourth-order valence-corrected chi connectivity index (χ4v) is 4.62. The summed E-state index contributed by atoms with van der Waals surface area (Å²) in [5, 5.41) is 14.8. The van der Waals surface area contributed by atoms with Gasteiger partial charge in [0.25, 0.3) is 6.47 Å². The summed E-state index contributed by atoms with van der Waals surface area (Å²) < 4.78 is 18.6. The molecule has 1 amide bonds. The number of hydrogen-bond acceptors (Lipinski definition) is 6. The number of aryl methyl sites for hydroxylation is 1. The summed E-state index contributed by atoms with van der Waals surface area (Å²) in [6.07, 6.45) is 5.05. The Hall–Kier alpha value is -3.23. The number of carbonyl (C=O) groups is 2. The van der Waals surface area contributed by atoms with Crippen LogP contribution in [0.4, 0.5) is 5.82 Å². The molecule has 0 saturated heterocycles. The highest BCUT2D eigenvalue weighted by molar-refractivity contribution is 5.94. The monoisotopic (exact) mass is 415 g/mol. The second kappa shape index (κ2) is 8.25. The van der Waals surface area contributed by atoms with E-state index in [1.54, 1.807) is 7.11 Å². The van der Waals surface area contributed by atoms with E-state index in [4.69, 9.17) is 29.2 Å². The van der Waals surface area contributed by atoms with E-state index in [0.717, 1.165) is 35.5 Å². The van der Waals surface area contributed by atoms with E-state index in [1.807, 2.05) is 23.7 Å². The zero-order valence-electron chi connectivity index (χ0n) is 17.0. The second-order valence-corrected chi connectivity index (χ2v) is 7.60. The molecule has 2 aliphatic heterocycles. The maximum atomic E-state index is 12.5. The number of benzene rings is 1. The lowest BCUT2D eigenvalue weighted by Crippen LogP contribution is -2.26. The van der Waals surface area contributed by atoms with Crippen LogP contribution in [0.1, 0.15) is 60.9 Å². The third-order valence-electron chi connectivity index (χ3n) is 5.88.